The molecule has 0 saturated carbocycles. The first-order valence-corrected chi connectivity index (χ1v) is 9.58. The quantitative estimate of drug-likeness (QED) is 0.600. The lowest BCUT2D eigenvalue weighted by Gasteiger charge is -2.16. The van der Waals surface area contributed by atoms with Crippen molar-refractivity contribution < 1.29 is 13.2 Å². The molecule has 0 amide bonds. The topological polar surface area (TPSA) is 55.4 Å². The predicted octanol–water partition coefficient (Wildman–Crippen LogP) is 4.38. The fraction of sp³-hybridized carbons (Fsp3) is 0.375. The van der Waals surface area contributed by atoms with Gasteiger partial charge in [-0.15, -0.1) is 0 Å². The van der Waals surface area contributed by atoms with Crippen LogP contribution in [-0.4, -0.2) is 22.1 Å². The van der Waals surface area contributed by atoms with E-state index in [1.807, 2.05) is 18.2 Å². The van der Waals surface area contributed by atoms with Crippen LogP contribution in [0.2, 0.25) is 0 Å². The molecule has 0 bridgehead atoms. The largest absolute Gasteiger partial charge is 0.493 e. The molecule has 0 fully saturated rings. The molecule has 0 spiro atoms. The van der Waals surface area contributed by atoms with E-state index in [4.69, 9.17) is 15.4 Å². The van der Waals surface area contributed by atoms with E-state index in [1.165, 1.54) is 7.11 Å². The normalized spacial score (nSPS) is 11.6. The van der Waals surface area contributed by atoms with Crippen molar-refractivity contribution in [3.05, 3.63) is 30.3 Å². The number of methoxy groups -OCH3 is 1. The van der Waals surface area contributed by atoms with Crippen LogP contribution in [0.5, 0.6) is 5.75 Å². The van der Waals surface area contributed by atoms with Crippen LogP contribution in [0, 0.1) is 0 Å². The van der Waals surface area contributed by atoms with Gasteiger partial charge in [0.15, 0.2) is 5.75 Å². The number of ether oxygens (including phenoxy) is 1. The number of hydrogen-bond acceptors (Lipinski definition) is 4. The van der Waals surface area contributed by atoms with Crippen molar-refractivity contribution >= 4 is 36.2 Å². The van der Waals surface area contributed by atoms with Gasteiger partial charge in [-0.1, -0.05) is 44.0 Å². The molecular formula is C16H20ClNO3S. The Morgan fingerprint density at radius 3 is 2.59 bits per heavy atom. The Balaban J connectivity index is 2.57. The molecule has 0 radical (unpaired) electrons. The average molecular weight is 342 g/mol. The summed E-state index contributed by atoms with van der Waals surface area (Å²) in [6.07, 6.45) is 3.25. The Kier molecular flexibility index (Phi) is 5.53. The second kappa shape index (κ2) is 7.20. The van der Waals surface area contributed by atoms with E-state index in [-0.39, 0.29) is 10.6 Å². The van der Waals surface area contributed by atoms with Gasteiger partial charge >= 0.3 is 0 Å². The highest BCUT2D eigenvalue weighted by molar-refractivity contribution is 8.14. The summed E-state index contributed by atoms with van der Waals surface area (Å²) in [6, 6.07) is 9.12. The third-order valence-electron chi connectivity index (χ3n) is 3.50. The first-order valence-electron chi connectivity index (χ1n) is 7.27. The van der Waals surface area contributed by atoms with Gasteiger partial charge in [0, 0.05) is 22.6 Å². The van der Waals surface area contributed by atoms with Crippen LogP contribution < -0.4 is 10.1 Å². The van der Waals surface area contributed by atoms with E-state index in [2.05, 4.69) is 12.2 Å². The molecule has 0 aliphatic carbocycles. The molecule has 2 aromatic rings. The lowest BCUT2D eigenvalue weighted by atomic mass is 10.1. The minimum Gasteiger partial charge on any atom is -0.493 e. The van der Waals surface area contributed by atoms with Crippen LogP contribution in [0.15, 0.2) is 35.2 Å². The predicted molar refractivity (Wildman–Crippen MR) is 91.6 cm³/mol. The molecule has 2 aromatic carbocycles. The number of nitrogens with one attached hydrogen (secondary N) is 1. The lowest BCUT2D eigenvalue weighted by Crippen LogP contribution is -2.06. The maximum Gasteiger partial charge on any atom is 0.265 e. The molecule has 1 N–H and O–H groups in total. The van der Waals surface area contributed by atoms with Gasteiger partial charge in [-0.2, -0.15) is 0 Å². The van der Waals surface area contributed by atoms with Crippen LogP contribution in [0.25, 0.3) is 10.8 Å². The lowest BCUT2D eigenvalue weighted by molar-refractivity contribution is 0.406. The first-order chi connectivity index (χ1) is 10.5. The highest BCUT2D eigenvalue weighted by atomic mass is 35.7. The molecule has 0 aromatic heterocycles. The van der Waals surface area contributed by atoms with E-state index in [9.17, 15) is 8.42 Å². The molecule has 0 heterocycles. The van der Waals surface area contributed by atoms with Crippen molar-refractivity contribution in [2.75, 3.05) is 19.0 Å². The molecule has 120 valence electrons. The average Bonchev–Trinajstić information content (AvgIpc) is 2.49. The van der Waals surface area contributed by atoms with E-state index in [0.717, 1.165) is 31.2 Å². The molecule has 0 aliphatic heterocycles. The highest BCUT2D eigenvalue weighted by Gasteiger charge is 2.23. The molecule has 0 saturated heterocycles. The molecule has 0 aliphatic rings. The summed E-state index contributed by atoms with van der Waals surface area (Å²) in [5.74, 6) is 0.269. The minimum atomic E-state index is -3.92. The maximum absolute atomic E-state index is 12.0. The van der Waals surface area contributed by atoms with Crippen molar-refractivity contribution in [1.82, 2.24) is 0 Å². The Hall–Kier alpha value is -1.46. The minimum absolute atomic E-state index is 0.0211. The van der Waals surface area contributed by atoms with E-state index < -0.39 is 9.05 Å². The maximum atomic E-state index is 12.0. The van der Waals surface area contributed by atoms with Crippen LogP contribution in [0.1, 0.15) is 26.2 Å². The highest BCUT2D eigenvalue weighted by Crippen LogP contribution is 2.40. The Morgan fingerprint density at radius 2 is 1.95 bits per heavy atom. The van der Waals surface area contributed by atoms with E-state index in [1.54, 1.807) is 12.1 Å². The van der Waals surface area contributed by atoms with Gasteiger partial charge in [0.2, 0.25) is 0 Å². The summed E-state index contributed by atoms with van der Waals surface area (Å²) in [5.41, 5.74) is 0.650. The molecule has 0 unspecified atom stereocenters. The SMILES string of the molecule is CCCCCNc1cc2ccccc2c(S(=O)(=O)Cl)c1OC. The number of fused-ring (bicyclic) bond motifs is 1. The van der Waals surface area contributed by atoms with Crippen LogP contribution >= 0.6 is 10.7 Å². The van der Waals surface area contributed by atoms with Crippen molar-refractivity contribution in [3.8, 4) is 5.75 Å². The van der Waals surface area contributed by atoms with Crippen molar-refractivity contribution in [2.24, 2.45) is 0 Å². The van der Waals surface area contributed by atoms with Gasteiger partial charge in [-0.05, 0) is 17.9 Å². The third kappa shape index (κ3) is 3.65. The number of halogens is 1. The molecule has 22 heavy (non-hydrogen) atoms. The van der Waals surface area contributed by atoms with Gasteiger partial charge in [-0.25, -0.2) is 8.42 Å². The third-order valence-corrected chi connectivity index (χ3v) is 4.86. The second-order valence-electron chi connectivity index (χ2n) is 5.08. The Morgan fingerprint density at radius 1 is 1.23 bits per heavy atom. The second-order valence-corrected chi connectivity index (χ2v) is 7.58. The zero-order valence-electron chi connectivity index (χ0n) is 12.7. The number of rotatable bonds is 7. The zero-order chi connectivity index (χ0) is 16.2. The van der Waals surface area contributed by atoms with Gasteiger partial charge in [0.05, 0.1) is 12.8 Å². The summed E-state index contributed by atoms with van der Waals surface area (Å²) in [7, 11) is 3.17. The molecular weight excluding hydrogens is 322 g/mol. The first kappa shape index (κ1) is 16.9. The van der Waals surface area contributed by atoms with E-state index in [0.29, 0.717) is 11.1 Å². The van der Waals surface area contributed by atoms with Crippen LogP contribution in [-0.2, 0) is 9.05 Å². The smallest absolute Gasteiger partial charge is 0.265 e. The number of anilines is 1. The van der Waals surface area contributed by atoms with E-state index >= 15 is 0 Å². The molecule has 2 rings (SSSR count). The summed E-state index contributed by atoms with van der Waals surface area (Å²) in [6.45, 7) is 2.89. The molecule has 4 nitrogen and oxygen atoms in total. The summed E-state index contributed by atoms with van der Waals surface area (Å²) < 4.78 is 29.4. The summed E-state index contributed by atoms with van der Waals surface area (Å²) in [5, 5.41) is 4.62. The summed E-state index contributed by atoms with van der Waals surface area (Å²) >= 11 is 0. The fourth-order valence-electron chi connectivity index (χ4n) is 2.47. The monoisotopic (exact) mass is 341 g/mol. The van der Waals surface area contributed by atoms with Gasteiger partial charge < -0.3 is 10.1 Å². The number of unbranched alkanes of at least 4 members (excludes halogenated alkanes) is 2. The molecule has 0 atom stereocenters. The van der Waals surface area contributed by atoms with Gasteiger partial charge in [0.25, 0.3) is 9.05 Å². The fourth-order valence-corrected chi connectivity index (χ4v) is 3.79. The van der Waals surface area contributed by atoms with Crippen molar-refractivity contribution in [3.63, 3.8) is 0 Å². The zero-order valence-corrected chi connectivity index (χ0v) is 14.3. The molecule has 6 heteroatoms. The Labute approximate surface area is 135 Å². The number of benzene rings is 2. The summed E-state index contributed by atoms with van der Waals surface area (Å²) in [4.78, 5) is 0.0211. The van der Waals surface area contributed by atoms with Crippen LogP contribution in [0.4, 0.5) is 5.69 Å². The van der Waals surface area contributed by atoms with Crippen molar-refractivity contribution in [2.45, 2.75) is 31.1 Å². The van der Waals surface area contributed by atoms with Crippen molar-refractivity contribution in [1.29, 1.82) is 0 Å². The Bertz CT molecular complexity index is 759. The van der Waals surface area contributed by atoms with Gasteiger partial charge in [-0.3, -0.25) is 0 Å². The van der Waals surface area contributed by atoms with Gasteiger partial charge in [0.1, 0.15) is 4.90 Å². The standard InChI is InChI=1S/C16H20ClNO3S/c1-3-4-7-10-18-14-11-12-8-5-6-9-13(12)16(15(14)21-2)22(17,19)20/h5-6,8-9,11,18H,3-4,7,10H2,1-2H3. The number of hydrogen-bond donors (Lipinski definition) is 1. The van der Waals surface area contributed by atoms with Crippen LogP contribution in [0.3, 0.4) is 0 Å².